The fourth-order valence-corrected chi connectivity index (χ4v) is 4.29. The number of nitrogens with two attached hydrogens (primary N) is 1. The van der Waals surface area contributed by atoms with Crippen LogP contribution in [0.1, 0.15) is 27.3 Å². The molecule has 0 saturated heterocycles. The molecule has 3 heterocycles. The second kappa shape index (κ2) is 8.75. The van der Waals surface area contributed by atoms with Gasteiger partial charge in [-0.2, -0.15) is 0 Å². The van der Waals surface area contributed by atoms with Gasteiger partial charge in [-0.3, -0.25) is 9.78 Å². The average Bonchev–Trinajstić information content (AvgIpc) is 2.78. The summed E-state index contributed by atoms with van der Waals surface area (Å²) in [5.41, 5.74) is 8.58. The first kappa shape index (κ1) is 23.2. The van der Waals surface area contributed by atoms with Crippen LogP contribution in [0.15, 0.2) is 53.8 Å². The molecule has 0 bridgehead atoms. The highest BCUT2D eigenvalue weighted by Crippen LogP contribution is 2.29. The van der Waals surface area contributed by atoms with E-state index in [0.29, 0.717) is 28.2 Å². The number of pyridine rings is 2. The quantitative estimate of drug-likeness (QED) is 0.461. The molecule has 0 fully saturated rings. The molecule has 0 unspecified atom stereocenters. The molecule has 0 aliphatic carbocycles. The average molecular weight is 481 g/mol. The molecular weight excluding hydrogens is 459 g/mol. The molecule has 0 radical (unpaired) electrons. The van der Waals surface area contributed by atoms with Gasteiger partial charge in [0.25, 0.3) is 5.91 Å². The molecule has 2 N–H and O–H groups in total. The molecule has 174 valence electrons. The van der Waals surface area contributed by atoms with Gasteiger partial charge in [0.1, 0.15) is 17.5 Å². The molecule has 11 heteroatoms. The number of benzene rings is 1. The van der Waals surface area contributed by atoms with Crippen LogP contribution in [0.25, 0.3) is 11.0 Å². The highest BCUT2D eigenvalue weighted by Gasteiger charge is 2.26. The first-order valence-electron chi connectivity index (χ1n) is 10.1. The van der Waals surface area contributed by atoms with Crippen LogP contribution in [-0.2, 0) is 16.4 Å². The monoisotopic (exact) mass is 480 g/mol. The van der Waals surface area contributed by atoms with Crippen molar-refractivity contribution in [2.45, 2.75) is 25.3 Å². The number of hydrogen-bond acceptors (Lipinski definition) is 8. The molecule has 0 spiro atoms. The minimum absolute atomic E-state index is 0.0194. The smallest absolute Gasteiger partial charge is 0.261 e. The Morgan fingerprint density at radius 1 is 1.03 bits per heavy atom. The Morgan fingerprint density at radius 3 is 2.41 bits per heavy atom. The summed E-state index contributed by atoms with van der Waals surface area (Å²) >= 11 is 0. The Labute approximate surface area is 195 Å². The number of aromatic nitrogens is 4. The van der Waals surface area contributed by atoms with Crippen LogP contribution < -0.4 is 10.6 Å². The van der Waals surface area contributed by atoms with Crippen molar-refractivity contribution >= 4 is 38.3 Å². The van der Waals surface area contributed by atoms with Crippen molar-refractivity contribution in [1.82, 2.24) is 19.9 Å². The summed E-state index contributed by atoms with van der Waals surface area (Å²) in [5.74, 6) is -0.473. The van der Waals surface area contributed by atoms with Gasteiger partial charge in [-0.1, -0.05) is 0 Å². The Kier molecular flexibility index (Phi) is 5.96. The zero-order valence-corrected chi connectivity index (χ0v) is 19.5. The Balaban J connectivity index is 1.85. The number of aryl methyl sites for hydroxylation is 2. The third kappa shape index (κ3) is 4.69. The number of nitrogens with zero attached hydrogens (tertiary/aromatic N) is 5. The second-order valence-corrected chi connectivity index (χ2v) is 9.85. The van der Waals surface area contributed by atoms with E-state index in [9.17, 15) is 17.6 Å². The van der Waals surface area contributed by atoms with E-state index < -0.39 is 21.6 Å². The molecule has 34 heavy (non-hydrogen) atoms. The molecule has 4 rings (SSSR count). The maximum absolute atomic E-state index is 14.0. The van der Waals surface area contributed by atoms with Gasteiger partial charge in [-0.25, -0.2) is 27.8 Å². The van der Waals surface area contributed by atoms with Crippen molar-refractivity contribution < 1.29 is 17.6 Å². The van der Waals surface area contributed by atoms with Gasteiger partial charge in [0, 0.05) is 24.8 Å². The molecule has 1 amide bonds. The van der Waals surface area contributed by atoms with E-state index in [2.05, 4.69) is 19.9 Å². The van der Waals surface area contributed by atoms with Crippen LogP contribution in [0.2, 0.25) is 0 Å². The van der Waals surface area contributed by atoms with E-state index in [-0.39, 0.29) is 22.7 Å². The normalized spacial score (nSPS) is 11.5. The summed E-state index contributed by atoms with van der Waals surface area (Å²) in [6.45, 7) is 3.43. The van der Waals surface area contributed by atoms with Crippen molar-refractivity contribution in [3.63, 3.8) is 0 Å². The summed E-state index contributed by atoms with van der Waals surface area (Å²) in [7, 11) is -3.87. The number of carbonyl (C=O) groups excluding carboxylic acids is 1. The van der Waals surface area contributed by atoms with Crippen molar-refractivity contribution in [2.75, 3.05) is 16.9 Å². The van der Waals surface area contributed by atoms with E-state index in [1.54, 1.807) is 25.3 Å². The predicted octanol–water partition coefficient (Wildman–Crippen LogP) is 3.01. The molecule has 3 aromatic heterocycles. The molecule has 0 atom stereocenters. The lowest BCUT2D eigenvalue weighted by Crippen LogP contribution is -2.32. The fraction of sp³-hybridized carbons (Fsp3) is 0.174. The number of nitrogen functional groups attached to an aromatic ring is 1. The topological polar surface area (TPSA) is 132 Å². The molecule has 0 saturated carbocycles. The highest BCUT2D eigenvalue weighted by atomic mass is 32.2. The third-order valence-corrected chi connectivity index (χ3v) is 6.30. The van der Waals surface area contributed by atoms with E-state index in [1.165, 1.54) is 23.4 Å². The lowest BCUT2D eigenvalue weighted by atomic mass is 10.1. The van der Waals surface area contributed by atoms with E-state index in [0.717, 1.165) is 24.0 Å². The number of carbonyl (C=O) groups is 1. The molecule has 4 aromatic rings. The maximum atomic E-state index is 14.0. The Morgan fingerprint density at radius 2 is 1.74 bits per heavy atom. The van der Waals surface area contributed by atoms with Gasteiger partial charge in [0.2, 0.25) is 0 Å². The van der Waals surface area contributed by atoms with Gasteiger partial charge in [0.15, 0.2) is 9.84 Å². The van der Waals surface area contributed by atoms with Crippen LogP contribution in [-0.4, -0.2) is 40.5 Å². The molecule has 9 nitrogen and oxygen atoms in total. The number of sulfone groups is 1. The van der Waals surface area contributed by atoms with Crippen LogP contribution >= 0.6 is 0 Å². The lowest BCUT2D eigenvalue weighted by molar-refractivity contribution is 0.0984. The summed E-state index contributed by atoms with van der Waals surface area (Å²) < 4.78 is 38.9. The van der Waals surface area contributed by atoms with Crippen LogP contribution in [0, 0.1) is 19.7 Å². The largest absolute Gasteiger partial charge is 0.383 e. The zero-order valence-electron chi connectivity index (χ0n) is 18.7. The van der Waals surface area contributed by atoms with Crippen molar-refractivity contribution in [3.05, 3.63) is 77.3 Å². The number of amides is 1. The predicted molar refractivity (Wildman–Crippen MR) is 125 cm³/mol. The van der Waals surface area contributed by atoms with Gasteiger partial charge in [0.05, 0.1) is 33.7 Å². The number of fused-ring (bicyclic) bond motifs is 1. The van der Waals surface area contributed by atoms with Crippen LogP contribution in [0.3, 0.4) is 0 Å². The number of hydrogen-bond donors (Lipinski definition) is 1. The van der Waals surface area contributed by atoms with E-state index in [4.69, 9.17) is 5.73 Å². The summed E-state index contributed by atoms with van der Waals surface area (Å²) in [6.07, 6.45) is 5.22. The SMILES string of the molecule is Cc1ncc(C(=O)N(Cc2cnc3cc(C)c(N)nc3c2)c2ccc(F)cc2S(C)(=O)=O)cn1. The number of halogens is 1. The van der Waals surface area contributed by atoms with Gasteiger partial charge in [-0.05, 0) is 55.3 Å². The minimum Gasteiger partial charge on any atom is -0.383 e. The molecule has 0 aliphatic rings. The van der Waals surface area contributed by atoms with Crippen molar-refractivity contribution in [1.29, 1.82) is 0 Å². The van der Waals surface area contributed by atoms with Crippen LogP contribution in [0.4, 0.5) is 15.9 Å². The van der Waals surface area contributed by atoms with Gasteiger partial charge >= 0.3 is 0 Å². The molecule has 0 aliphatic heterocycles. The summed E-state index contributed by atoms with van der Waals surface area (Å²) in [4.78, 5) is 31.2. The molecular formula is C23H21FN6O3S. The summed E-state index contributed by atoms with van der Waals surface area (Å²) in [5, 5.41) is 0. The first-order chi connectivity index (χ1) is 16.0. The van der Waals surface area contributed by atoms with Gasteiger partial charge in [-0.15, -0.1) is 0 Å². The zero-order chi connectivity index (χ0) is 24.6. The van der Waals surface area contributed by atoms with E-state index >= 15 is 0 Å². The number of rotatable bonds is 5. The number of anilines is 2. The molecule has 1 aromatic carbocycles. The standard InChI is InChI=1S/C23H21FN6O3S/c1-13-6-18-19(29-22(13)25)7-15(9-28-18)12-30(23(31)16-10-26-14(2)27-11-16)20-5-4-17(24)8-21(20)34(3,32)33/h4-11H,12H2,1-3H3,(H2,25,29). The lowest BCUT2D eigenvalue weighted by Gasteiger charge is -2.25. The van der Waals surface area contributed by atoms with Crippen molar-refractivity contribution in [3.8, 4) is 0 Å². The highest BCUT2D eigenvalue weighted by molar-refractivity contribution is 7.90. The minimum atomic E-state index is -3.87. The second-order valence-electron chi connectivity index (χ2n) is 7.87. The third-order valence-electron chi connectivity index (χ3n) is 5.18. The fourth-order valence-electron chi connectivity index (χ4n) is 3.41. The Bertz CT molecular complexity index is 1520. The van der Waals surface area contributed by atoms with Crippen LogP contribution in [0.5, 0.6) is 0 Å². The first-order valence-corrected chi connectivity index (χ1v) is 12.0. The van der Waals surface area contributed by atoms with E-state index in [1.807, 2.05) is 6.92 Å². The van der Waals surface area contributed by atoms with Gasteiger partial charge < -0.3 is 10.6 Å². The summed E-state index contributed by atoms with van der Waals surface area (Å²) in [6, 6.07) is 6.76. The Hall–Kier alpha value is -3.99. The maximum Gasteiger partial charge on any atom is 0.261 e. The van der Waals surface area contributed by atoms with Crippen molar-refractivity contribution in [2.24, 2.45) is 0 Å².